The summed E-state index contributed by atoms with van der Waals surface area (Å²) in [5, 5.41) is 10.5. The van der Waals surface area contributed by atoms with Crippen LogP contribution in [-0.4, -0.2) is 34.1 Å². The highest BCUT2D eigenvalue weighted by Gasteiger charge is 2.30. The van der Waals surface area contributed by atoms with Crippen molar-refractivity contribution in [2.24, 2.45) is 0 Å². The molecule has 0 aromatic carbocycles. The Morgan fingerprint density at radius 3 is 2.83 bits per heavy atom. The van der Waals surface area contributed by atoms with Crippen molar-refractivity contribution in [2.75, 3.05) is 12.3 Å². The van der Waals surface area contributed by atoms with E-state index >= 15 is 0 Å². The van der Waals surface area contributed by atoms with Gasteiger partial charge in [0.1, 0.15) is 0 Å². The van der Waals surface area contributed by atoms with Gasteiger partial charge in [-0.05, 0) is 35.4 Å². The summed E-state index contributed by atoms with van der Waals surface area (Å²) < 4.78 is 0. The lowest BCUT2D eigenvalue weighted by Gasteiger charge is -2.36. The number of thiophene rings is 1. The van der Waals surface area contributed by atoms with Crippen molar-refractivity contribution in [2.45, 2.75) is 49.0 Å². The van der Waals surface area contributed by atoms with E-state index in [-0.39, 0.29) is 0 Å². The molecular weight excluding hydrogens is 278 g/mol. The Hall–Kier alpha value is 0.360. The normalized spacial score (nSPS) is 30.3. The summed E-state index contributed by atoms with van der Waals surface area (Å²) in [7, 11) is 0. The molecule has 0 aliphatic carbocycles. The van der Waals surface area contributed by atoms with Gasteiger partial charge >= 0.3 is 0 Å². The molecule has 1 aromatic heterocycles. The number of hydrogen-bond donors (Lipinski definition) is 1. The highest BCUT2D eigenvalue weighted by Crippen LogP contribution is 2.37. The van der Waals surface area contributed by atoms with Crippen LogP contribution in [0.1, 0.15) is 26.3 Å². The highest BCUT2D eigenvalue weighted by molar-refractivity contribution is 8.07. The molecule has 1 aliphatic heterocycles. The predicted molar refractivity (Wildman–Crippen MR) is 88.2 cm³/mol. The summed E-state index contributed by atoms with van der Waals surface area (Å²) in [6.07, 6.45) is 1.18. The molecule has 1 saturated heterocycles. The number of nitrogens with one attached hydrogen (secondary N) is 1. The van der Waals surface area contributed by atoms with E-state index in [4.69, 9.17) is 0 Å². The van der Waals surface area contributed by atoms with Crippen LogP contribution in [0, 0.1) is 0 Å². The van der Waals surface area contributed by atoms with Gasteiger partial charge in [-0.1, -0.05) is 20.8 Å². The lowest BCUT2D eigenvalue weighted by Crippen LogP contribution is -2.44. The Balaban J connectivity index is 1.96. The molecule has 4 unspecified atom stereocenters. The van der Waals surface area contributed by atoms with Crippen LogP contribution in [0.4, 0.5) is 0 Å². The summed E-state index contributed by atoms with van der Waals surface area (Å²) in [6, 6.07) is 2.89. The Kier molecular flexibility index (Phi) is 5.93. The van der Waals surface area contributed by atoms with Gasteiger partial charge in [0.25, 0.3) is 0 Å². The Morgan fingerprint density at radius 1 is 1.39 bits per heavy atom. The SMILES string of the molecule is CCNC(Cc1ccsc1)C1CSC(C)C(C)S1. The summed E-state index contributed by atoms with van der Waals surface area (Å²) in [6.45, 7) is 8.02. The first-order valence-electron chi connectivity index (χ1n) is 6.72. The molecule has 0 saturated carbocycles. The predicted octanol–water partition coefficient (Wildman–Crippen LogP) is 3.89. The van der Waals surface area contributed by atoms with E-state index in [1.807, 2.05) is 11.3 Å². The fourth-order valence-corrected chi connectivity index (χ4v) is 6.09. The smallest absolute Gasteiger partial charge is 0.0298 e. The molecular formula is C14H23NS3. The summed E-state index contributed by atoms with van der Waals surface area (Å²) in [4.78, 5) is 0. The van der Waals surface area contributed by atoms with E-state index in [9.17, 15) is 0 Å². The third kappa shape index (κ3) is 3.92. The number of rotatable bonds is 5. The maximum absolute atomic E-state index is 3.70. The van der Waals surface area contributed by atoms with Crippen molar-refractivity contribution in [3.63, 3.8) is 0 Å². The van der Waals surface area contributed by atoms with Crippen molar-refractivity contribution in [3.05, 3.63) is 22.4 Å². The topological polar surface area (TPSA) is 12.0 Å². The minimum atomic E-state index is 0.622. The van der Waals surface area contributed by atoms with Gasteiger partial charge in [-0.3, -0.25) is 0 Å². The zero-order chi connectivity index (χ0) is 13.0. The molecule has 0 amide bonds. The summed E-state index contributed by atoms with van der Waals surface area (Å²) >= 11 is 6.13. The largest absolute Gasteiger partial charge is 0.313 e. The van der Waals surface area contributed by atoms with Crippen molar-refractivity contribution in [1.29, 1.82) is 0 Å². The second-order valence-corrected chi connectivity index (χ2v) is 8.73. The maximum Gasteiger partial charge on any atom is 0.0298 e. The first kappa shape index (κ1) is 14.8. The van der Waals surface area contributed by atoms with E-state index in [0.717, 1.165) is 22.3 Å². The van der Waals surface area contributed by atoms with Gasteiger partial charge in [0.2, 0.25) is 0 Å². The quantitative estimate of drug-likeness (QED) is 0.886. The van der Waals surface area contributed by atoms with Crippen molar-refractivity contribution >= 4 is 34.9 Å². The fraction of sp³-hybridized carbons (Fsp3) is 0.714. The third-order valence-corrected chi connectivity index (χ3v) is 7.81. The van der Waals surface area contributed by atoms with E-state index in [0.29, 0.717) is 6.04 Å². The van der Waals surface area contributed by atoms with Gasteiger partial charge in [0, 0.05) is 27.5 Å². The molecule has 1 aliphatic rings. The molecule has 2 rings (SSSR count). The van der Waals surface area contributed by atoms with E-state index in [2.05, 4.69) is 66.4 Å². The molecule has 1 fully saturated rings. The van der Waals surface area contributed by atoms with Crippen LogP contribution in [0.15, 0.2) is 16.8 Å². The van der Waals surface area contributed by atoms with E-state index in [1.165, 1.54) is 17.7 Å². The molecule has 0 radical (unpaired) electrons. The molecule has 102 valence electrons. The van der Waals surface area contributed by atoms with Crippen LogP contribution in [0.2, 0.25) is 0 Å². The van der Waals surface area contributed by atoms with Crippen LogP contribution in [-0.2, 0) is 6.42 Å². The summed E-state index contributed by atoms with van der Waals surface area (Å²) in [5.41, 5.74) is 1.49. The average Bonchev–Trinajstić information content (AvgIpc) is 2.85. The Morgan fingerprint density at radius 2 is 2.22 bits per heavy atom. The highest BCUT2D eigenvalue weighted by atomic mass is 32.2. The van der Waals surface area contributed by atoms with E-state index in [1.54, 1.807) is 0 Å². The van der Waals surface area contributed by atoms with Gasteiger partial charge in [-0.15, -0.1) is 0 Å². The number of likely N-dealkylation sites (N-methyl/N-ethyl adjacent to an activating group) is 1. The summed E-state index contributed by atoms with van der Waals surface area (Å²) in [5.74, 6) is 1.29. The lowest BCUT2D eigenvalue weighted by atomic mass is 10.1. The second-order valence-electron chi connectivity index (χ2n) is 4.92. The molecule has 2 heterocycles. The Bertz CT molecular complexity index is 339. The molecule has 1 nitrogen and oxygen atoms in total. The molecule has 0 bridgehead atoms. The van der Waals surface area contributed by atoms with Crippen molar-refractivity contribution in [3.8, 4) is 0 Å². The molecule has 4 atom stereocenters. The molecule has 1 aromatic rings. The first-order valence-corrected chi connectivity index (χ1v) is 9.65. The lowest BCUT2D eigenvalue weighted by molar-refractivity contribution is 0.520. The van der Waals surface area contributed by atoms with Gasteiger partial charge < -0.3 is 5.32 Å². The maximum atomic E-state index is 3.70. The van der Waals surface area contributed by atoms with E-state index < -0.39 is 0 Å². The average molecular weight is 302 g/mol. The molecule has 0 spiro atoms. The van der Waals surface area contributed by atoms with Crippen molar-refractivity contribution in [1.82, 2.24) is 5.32 Å². The molecule has 4 heteroatoms. The minimum Gasteiger partial charge on any atom is -0.313 e. The molecule has 18 heavy (non-hydrogen) atoms. The number of thioether (sulfide) groups is 2. The van der Waals surface area contributed by atoms with Crippen LogP contribution < -0.4 is 5.32 Å². The van der Waals surface area contributed by atoms with Gasteiger partial charge in [-0.2, -0.15) is 34.9 Å². The monoisotopic (exact) mass is 301 g/mol. The standard InChI is InChI=1S/C14H23NS3/c1-4-15-13(7-12-5-6-16-8-12)14-9-17-10(2)11(3)18-14/h5-6,8,10-11,13-15H,4,7,9H2,1-3H3. The second kappa shape index (κ2) is 7.22. The van der Waals surface area contributed by atoms with Crippen LogP contribution in [0.5, 0.6) is 0 Å². The third-order valence-electron chi connectivity index (χ3n) is 3.52. The number of hydrogen-bond acceptors (Lipinski definition) is 4. The van der Waals surface area contributed by atoms with Gasteiger partial charge in [-0.25, -0.2) is 0 Å². The van der Waals surface area contributed by atoms with Crippen LogP contribution in [0.3, 0.4) is 0 Å². The minimum absolute atomic E-state index is 0.622. The van der Waals surface area contributed by atoms with Crippen LogP contribution in [0.25, 0.3) is 0 Å². The van der Waals surface area contributed by atoms with Crippen LogP contribution >= 0.6 is 34.9 Å². The Labute approximate surface area is 124 Å². The first-order chi connectivity index (χ1) is 8.70. The zero-order valence-electron chi connectivity index (χ0n) is 11.4. The van der Waals surface area contributed by atoms with Gasteiger partial charge in [0.15, 0.2) is 0 Å². The zero-order valence-corrected chi connectivity index (χ0v) is 13.8. The van der Waals surface area contributed by atoms with Crippen molar-refractivity contribution < 1.29 is 0 Å². The fourth-order valence-electron chi connectivity index (χ4n) is 2.28. The molecule has 1 N–H and O–H groups in total. The van der Waals surface area contributed by atoms with Gasteiger partial charge in [0.05, 0.1) is 0 Å².